The van der Waals surface area contributed by atoms with E-state index in [1.165, 1.54) is 0 Å². The van der Waals surface area contributed by atoms with Gasteiger partial charge in [0.1, 0.15) is 6.10 Å². The normalized spacial score (nSPS) is 13.2. The van der Waals surface area contributed by atoms with Crippen molar-refractivity contribution in [3.63, 3.8) is 0 Å². The molecule has 3 N–H and O–H groups in total. The second kappa shape index (κ2) is 17.9. The molecule has 5 aromatic rings. The quantitative estimate of drug-likeness (QED) is 0.117. The van der Waals surface area contributed by atoms with Crippen LogP contribution in [0.3, 0.4) is 0 Å². The Morgan fingerprint density at radius 1 is 0.731 bits per heavy atom. The summed E-state index contributed by atoms with van der Waals surface area (Å²) in [5.74, 6) is -0.353. The van der Waals surface area contributed by atoms with Crippen LogP contribution in [0.25, 0.3) is 22.3 Å². The highest BCUT2D eigenvalue weighted by Gasteiger charge is 2.29. The molecule has 266 valence electrons. The van der Waals surface area contributed by atoms with Crippen molar-refractivity contribution in [3.8, 4) is 22.3 Å². The fraction of sp³-hybridized carbons (Fsp3) is 0.233. The first kappa shape index (κ1) is 36.0. The number of rotatable bonds is 13. The first-order valence-electron chi connectivity index (χ1n) is 17.9. The van der Waals surface area contributed by atoms with Gasteiger partial charge in [0.2, 0.25) is 5.91 Å². The van der Waals surface area contributed by atoms with Crippen molar-refractivity contribution in [2.75, 3.05) is 49.5 Å². The Kier molecular flexibility index (Phi) is 12.4. The van der Waals surface area contributed by atoms with E-state index in [2.05, 4.69) is 20.9 Å². The summed E-state index contributed by atoms with van der Waals surface area (Å²) in [6, 6.07) is 43.0. The van der Waals surface area contributed by atoms with Gasteiger partial charge in [-0.1, -0.05) is 110 Å². The Morgan fingerprint density at radius 2 is 1.31 bits per heavy atom. The Labute approximate surface area is 305 Å². The van der Waals surface area contributed by atoms with Crippen LogP contribution in [0.1, 0.15) is 30.1 Å². The summed E-state index contributed by atoms with van der Waals surface area (Å²) in [6.45, 7) is 5.47. The molecule has 9 heteroatoms. The van der Waals surface area contributed by atoms with E-state index in [9.17, 15) is 14.4 Å². The maximum atomic E-state index is 14.4. The molecule has 0 radical (unpaired) electrons. The van der Waals surface area contributed by atoms with Gasteiger partial charge in [0.05, 0.1) is 17.9 Å². The maximum Gasteiger partial charge on any atom is 0.419 e. The lowest BCUT2D eigenvalue weighted by Crippen LogP contribution is -2.43. The summed E-state index contributed by atoms with van der Waals surface area (Å²) in [6.07, 6.45) is 0.697. The molecule has 1 aliphatic rings. The molecular weight excluding hydrogens is 651 g/mol. The Bertz CT molecular complexity index is 1860. The molecule has 0 atom stereocenters. The average molecular weight is 696 g/mol. The molecule has 1 heterocycles. The summed E-state index contributed by atoms with van der Waals surface area (Å²) in [5, 5.41) is 8.80. The zero-order valence-corrected chi connectivity index (χ0v) is 29.5. The van der Waals surface area contributed by atoms with Gasteiger partial charge >= 0.3 is 6.09 Å². The number of carbonyl (C=O) groups excluding carboxylic acids is 3. The topological polar surface area (TPSA) is 103 Å². The molecule has 52 heavy (non-hydrogen) atoms. The fourth-order valence-corrected chi connectivity index (χ4v) is 6.44. The summed E-state index contributed by atoms with van der Waals surface area (Å²) in [4.78, 5) is 43.3. The van der Waals surface area contributed by atoms with Crippen LogP contribution >= 0.6 is 0 Å². The smallest absolute Gasteiger partial charge is 0.419 e. The molecule has 0 bridgehead atoms. The highest BCUT2D eigenvalue weighted by atomic mass is 16.6. The number of likely N-dealkylation sites (tertiary alicyclic amines) is 1. The highest BCUT2D eigenvalue weighted by Crippen LogP contribution is 2.40. The number of nitrogens with zero attached hydrogens (tertiary/aromatic N) is 2. The number of amides is 3. The van der Waals surface area contributed by atoms with Crippen molar-refractivity contribution in [2.24, 2.45) is 0 Å². The molecule has 9 nitrogen and oxygen atoms in total. The monoisotopic (exact) mass is 695 g/mol. The van der Waals surface area contributed by atoms with Crippen molar-refractivity contribution in [2.45, 2.75) is 25.9 Å². The number of carbonyl (C=O) groups is 3. The Balaban J connectivity index is 1.10. The minimum Gasteiger partial charge on any atom is -0.445 e. The van der Waals surface area contributed by atoms with E-state index in [0.29, 0.717) is 43.7 Å². The zero-order valence-electron chi connectivity index (χ0n) is 29.5. The van der Waals surface area contributed by atoms with E-state index in [1.54, 1.807) is 29.2 Å². The minimum atomic E-state index is -0.419. The molecule has 1 saturated heterocycles. The van der Waals surface area contributed by atoms with Gasteiger partial charge in [-0.2, -0.15) is 0 Å². The van der Waals surface area contributed by atoms with Crippen molar-refractivity contribution in [1.82, 2.24) is 15.5 Å². The lowest BCUT2D eigenvalue weighted by atomic mass is 10.00. The highest BCUT2D eigenvalue weighted by molar-refractivity contribution is 6.04. The third-order valence-corrected chi connectivity index (χ3v) is 9.10. The van der Waals surface area contributed by atoms with Crippen LogP contribution in [0.4, 0.5) is 21.9 Å². The number of nitrogens with one attached hydrogen (secondary N) is 3. The number of para-hydroxylation sites is 2. The number of hydrogen-bond donors (Lipinski definition) is 3. The largest absolute Gasteiger partial charge is 0.445 e. The van der Waals surface area contributed by atoms with Crippen LogP contribution in [0.2, 0.25) is 0 Å². The van der Waals surface area contributed by atoms with E-state index < -0.39 is 6.09 Å². The fourth-order valence-electron chi connectivity index (χ4n) is 6.44. The lowest BCUT2D eigenvalue weighted by molar-refractivity contribution is -0.115. The van der Waals surface area contributed by atoms with Crippen molar-refractivity contribution >= 4 is 35.0 Å². The number of hydrogen-bond acceptors (Lipinski definition) is 6. The van der Waals surface area contributed by atoms with E-state index in [-0.39, 0.29) is 24.5 Å². The van der Waals surface area contributed by atoms with Crippen LogP contribution in [0, 0.1) is 0 Å². The predicted octanol–water partition coefficient (Wildman–Crippen LogP) is 7.74. The molecule has 1 fully saturated rings. The number of ether oxygens (including phenoxy) is 1. The van der Waals surface area contributed by atoms with Crippen LogP contribution in [0.15, 0.2) is 133 Å². The number of likely N-dealkylation sites (N-methyl/N-ethyl adjacent to an activating group) is 1. The first-order valence-corrected chi connectivity index (χ1v) is 17.9. The Hall–Kier alpha value is -5.77. The van der Waals surface area contributed by atoms with Gasteiger partial charge in [0.25, 0.3) is 5.91 Å². The van der Waals surface area contributed by atoms with E-state index >= 15 is 0 Å². The van der Waals surface area contributed by atoms with Gasteiger partial charge in [0, 0.05) is 48.6 Å². The summed E-state index contributed by atoms with van der Waals surface area (Å²) >= 11 is 0. The second-order valence-electron chi connectivity index (χ2n) is 12.7. The summed E-state index contributed by atoms with van der Waals surface area (Å²) in [7, 11) is 0. The molecule has 0 spiro atoms. The van der Waals surface area contributed by atoms with Crippen molar-refractivity contribution in [3.05, 3.63) is 139 Å². The molecule has 0 aliphatic carbocycles. The standard InChI is InChI=1S/C43H45N5O4/c1-2-44-31-41(49)46-35-19-13-18-34(30-35)42(50)45-26-29-47-27-24-36(25-28-47)52-43(51)48(39-22-11-9-20-37(39)32-14-5-3-6-15-32)40-23-12-10-21-38(40)33-16-7-4-8-17-33/h3-23,30,36,44H,2,24-29,31H2,1H3,(H,45,50)(H,46,49). The Morgan fingerprint density at radius 3 is 1.90 bits per heavy atom. The SMILES string of the molecule is CCNCC(=O)Nc1cccc(C(=O)NCCN2CCC(OC(=O)N(c3ccccc3-c3ccccc3)c3ccccc3-c3ccccc3)CC2)c1. The second-order valence-corrected chi connectivity index (χ2v) is 12.7. The molecule has 3 amide bonds. The molecule has 0 aromatic heterocycles. The van der Waals surface area contributed by atoms with Gasteiger partial charge in [-0.3, -0.25) is 9.59 Å². The van der Waals surface area contributed by atoms with E-state index in [1.807, 2.05) is 116 Å². The molecule has 0 saturated carbocycles. The number of anilines is 3. The van der Waals surface area contributed by atoms with Crippen LogP contribution < -0.4 is 20.9 Å². The van der Waals surface area contributed by atoms with Gasteiger partial charge in [-0.05, 0) is 60.8 Å². The molecular formula is C43H45N5O4. The van der Waals surface area contributed by atoms with Gasteiger partial charge < -0.3 is 25.6 Å². The third-order valence-electron chi connectivity index (χ3n) is 9.10. The number of benzene rings is 5. The number of piperidine rings is 1. The summed E-state index contributed by atoms with van der Waals surface area (Å²) < 4.78 is 6.31. The maximum absolute atomic E-state index is 14.4. The van der Waals surface area contributed by atoms with Crippen LogP contribution in [-0.4, -0.2) is 68.2 Å². The van der Waals surface area contributed by atoms with Gasteiger partial charge in [0.15, 0.2) is 0 Å². The van der Waals surface area contributed by atoms with Gasteiger partial charge in [-0.25, -0.2) is 9.69 Å². The van der Waals surface area contributed by atoms with Crippen LogP contribution in [-0.2, 0) is 9.53 Å². The zero-order chi connectivity index (χ0) is 36.1. The predicted molar refractivity (Wildman–Crippen MR) is 208 cm³/mol. The van der Waals surface area contributed by atoms with E-state index in [0.717, 1.165) is 46.7 Å². The summed E-state index contributed by atoms with van der Waals surface area (Å²) in [5.41, 5.74) is 6.44. The minimum absolute atomic E-state index is 0.157. The lowest BCUT2D eigenvalue weighted by Gasteiger charge is -2.33. The van der Waals surface area contributed by atoms with Crippen molar-refractivity contribution in [1.29, 1.82) is 0 Å². The molecule has 5 aromatic carbocycles. The van der Waals surface area contributed by atoms with Crippen LogP contribution in [0.5, 0.6) is 0 Å². The first-order chi connectivity index (χ1) is 25.5. The molecule has 6 rings (SSSR count). The van der Waals surface area contributed by atoms with Gasteiger partial charge in [-0.15, -0.1) is 0 Å². The third kappa shape index (κ3) is 9.31. The van der Waals surface area contributed by atoms with Crippen molar-refractivity contribution < 1.29 is 19.1 Å². The van der Waals surface area contributed by atoms with E-state index in [4.69, 9.17) is 4.74 Å². The molecule has 1 aliphatic heterocycles. The average Bonchev–Trinajstić information content (AvgIpc) is 3.19. The molecule has 0 unspecified atom stereocenters.